The molecule has 1 aromatic carbocycles. The number of hydrogen-bond donors (Lipinski definition) is 3. The number of fused-ring (bicyclic) bond motifs is 3. The van der Waals surface area contributed by atoms with Crippen LogP contribution in [0.1, 0.15) is 76.7 Å². The van der Waals surface area contributed by atoms with Gasteiger partial charge in [0.25, 0.3) is 0 Å². The Bertz CT molecular complexity index is 2090. The number of anilines is 1. The van der Waals surface area contributed by atoms with Gasteiger partial charge in [0.1, 0.15) is 28.0 Å². The Balaban J connectivity index is 1.13. The van der Waals surface area contributed by atoms with Gasteiger partial charge in [-0.3, -0.25) is 10.00 Å². The molecule has 0 amide bonds. The zero-order valence-corrected chi connectivity index (χ0v) is 32.6. The van der Waals surface area contributed by atoms with Gasteiger partial charge in [-0.2, -0.15) is 15.1 Å². The zero-order chi connectivity index (χ0) is 38.1. The van der Waals surface area contributed by atoms with E-state index in [1.54, 1.807) is 24.1 Å². The quantitative estimate of drug-likeness (QED) is 0.200. The Morgan fingerprint density at radius 1 is 1.11 bits per heavy atom. The molecule has 3 aliphatic heterocycles. The number of likely N-dealkylation sites (tertiary alicyclic amines) is 1. The number of ether oxygens (including phenoxy) is 4. The summed E-state index contributed by atoms with van der Waals surface area (Å²) < 4.78 is 41.9. The van der Waals surface area contributed by atoms with Crippen molar-refractivity contribution in [3.05, 3.63) is 28.7 Å². The summed E-state index contributed by atoms with van der Waals surface area (Å²) in [5, 5.41) is 29.9. The molecular formula is C40H51ClFN7O6. The topological polar surface area (TPSA) is 151 Å². The van der Waals surface area contributed by atoms with Crippen molar-refractivity contribution in [1.29, 1.82) is 0 Å². The fourth-order valence-corrected chi connectivity index (χ4v) is 10.6. The molecule has 2 saturated carbocycles. The molecule has 3 saturated heterocycles. The van der Waals surface area contributed by atoms with E-state index >= 15 is 4.39 Å². The van der Waals surface area contributed by atoms with Crippen LogP contribution in [0.15, 0.2) is 12.3 Å². The molecule has 6 heterocycles. The third-order valence-electron chi connectivity index (χ3n) is 13.3. The maximum absolute atomic E-state index is 17.4. The first-order valence-electron chi connectivity index (χ1n) is 19.8. The van der Waals surface area contributed by atoms with Crippen molar-refractivity contribution in [2.45, 2.75) is 107 Å². The summed E-state index contributed by atoms with van der Waals surface area (Å²) in [6.45, 7) is 5.83. The SMILES string of the molecule is COc1nc(-c2c(C)c(Cl)cc3[nH]ncc23)c(F)c2nc(OC[C@]34CCC[C@H]3N(C3CCC5(CCO5)CC3)CCC4)nc(N3C[C@H](CO)OC[C@@](C)(O)C3)c12. The van der Waals surface area contributed by atoms with Crippen molar-refractivity contribution in [2.24, 2.45) is 5.41 Å². The molecule has 296 valence electrons. The van der Waals surface area contributed by atoms with Gasteiger partial charge in [0.05, 0.1) is 63.5 Å². The van der Waals surface area contributed by atoms with E-state index in [0.29, 0.717) is 45.7 Å². The van der Waals surface area contributed by atoms with E-state index in [2.05, 4.69) is 15.1 Å². The van der Waals surface area contributed by atoms with Crippen LogP contribution in [-0.2, 0) is 9.47 Å². The van der Waals surface area contributed by atoms with E-state index < -0.39 is 17.5 Å². The molecule has 13 nitrogen and oxygen atoms in total. The minimum atomic E-state index is -1.31. The van der Waals surface area contributed by atoms with E-state index in [-0.39, 0.29) is 71.6 Å². The lowest BCUT2D eigenvalue weighted by Crippen LogP contribution is -2.58. The molecule has 1 spiro atoms. The molecule has 4 atom stereocenters. The van der Waals surface area contributed by atoms with Crippen LogP contribution < -0.4 is 14.4 Å². The van der Waals surface area contributed by atoms with E-state index in [1.807, 2.05) is 6.92 Å². The Morgan fingerprint density at radius 3 is 2.65 bits per heavy atom. The molecule has 0 bridgehead atoms. The predicted octanol–water partition coefficient (Wildman–Crippen LogP) is 5.74. The summed E-state index contributed by atoms with van der Waals surface area (Å²) in [5.74, 6) is -0.330. The molecule has 15 heteroatoms. The molecular weight excluding hydrogens is 729 g/mol. The minimum absolute atomic E-state index is 0.000846. The van der Waals surface area contributed by atoms with Gasteiger partial charge >= 0.3 is 6.01 Å². The normalized spacial score (nSPS) is 31.5. The summed E-state index contributed by atoms with van der Waals surface area (Å²) in [4.78, 5) is 19.1. The van der Waals surface area contributed by atoms with Crippen LogP contribution in [0, 0.1) is 18.2 Å². The smallest absolute Gasteiger partial charge is 0.319 e. The Hall–Kier alpha value is -3.40. The molecule has 4 aromatic rings. The average Bonchev–Trinajstić information content (AvgIpc) is 3.79. The van der Waals surface area contributed by atoms with E-state index in [1.165, 1.54) is 13.5 Å². The van der Waals surface area contributed by atoms with E-state index in [0.717, 1.165) is 70.9 Å². The number of H-pyrrole nitrogens is 1. The van der Waals surface area contributed by atoms with Crippen LogP contribution in [0.5, 0.6) is 11.9 Å². The molecule has 5 aliphatic rings. The number of β-amino-alcohol motifs (C(OH)–C–C–N with tert-alkyl or cyclic N) is 1. The van der Waals surface area contributed by atoms with Gasteiger partial charge in [0.15, 0.2) is 5.82 Å². The van der Waals surface area contributed by atoms with Gasteiger partial charge in [-0.05, 0) is 89.8 Å². The largest absolute Gasteiger partial charge is 0.480 e. The van der Waals surface area contributed by atoms with Gasteiger partial charge in [-0.15, -0.1) is 0 Å². The number of aliphatic hydroxyl groups excluding tert-OH is 1. The second-order valence-electron chi connectivity index (χ2n) is 16.9. The maximum atomic E-state index is 17.4. The molecule has 9 rings (SSSR count). The Labute approximate surface area is 324 Å². The molecule has 5 fully saturated rings. The van der Waals surface area contributed by atoms with Crippen LogP contribution in [0.2, 0.25) is 5.02 Å². The van der Waals surface area contributed by atoms with Crippen LogP contribution in [0.25, 0.3) is 33.1 Å². The van der Waals surface area contributed by atoms with Gasteiger partial charge in [0, 0.05) is 40.0 Å². The molecule has 3 N–H and O–H groups in total. The molecule has 55 heavy (non-hydrogen) atoms. The first-order chi connectivity index (χ1) is 26.5. The number of hydrogen-bond acceptors (Lipinski definition) is 12. The fraction of sp³-hybridized carbons (Fsp3) is 0.650. The average molecular weight is 780 g/mol. The maximum Gasteiger partial charge on any atom is 0.319 e. The number of benzene rings is 1. The number of piperidine rings is 1. The number of aromatic nitrogens is 5. The lowest BCUT2D eigenvalue weighted by molar-refractivity contribution is -0.175. The van der Waals surface area contributed by atoms with Crippen molar-refractivity contribution >= 4 is 39.2 Å². The monoisotopic (exact) mass is 779 g/mol. The lowest BCUT2D eigenvalue weighted by atomic mass is 9.72. The van der Waals surface area contributed by atoms with Crippen molar-refractivity contribution in [1.82, 2.24) is 30.0 Å². The predicted molar refractivity (Wildman–Crippen MR) is 205 cm³/mol. The van der Waals surface area contributed by atoms with E-state index in [9.17, 15) is 10.2 Å². The van der Waals surface area contributed by atoms with Gasteiger partial charge in [-0.25, -0.2) is 9.37 Å². The van der Waals surface area contributed by atoms with Crippen LogP contribution in [0.4, 0.5) is 10.2 Å². The minimum Gasteiger partial charge on any atom is -0.480 e. The van der Waals surface area contributed by atoms with E-state index in [4.69, 9.17) is 45.5 Å². The molecule has 3 aromatic heterocycles. The third-order valence-corrected chi connectivity index (χ3v) is 13.7. The highest BCUT2D eigenvalue weighted by Gasteiger charge is 2.52. The van der Waals surface area contributed by atoms with Crippen molar-refractivity contribution < 1.29 is 33.6 Å². The first-order valence-corrected chi connectivity index (χ1v) is 20.2. The first kappa shape index (κ1) is 37.2. The lowest BCUT2D eigenvalue weighted by Gasteiger charge is -2.53. The summed E-state index contributed by atoms with van der Waals surface area (Å²) >= 11 is 6.66. The summed E-state index contributed by atoms with van der Waals surface area (Å²) in [5.41, 5.74) is 0.436. The fourth-order valence-electron chi connectivity index (χ4n) is 10.4. The highest BCUT2D eigenvalue weighted by Crippen LogP contribution is 2.51. The molecule has 0 unspecified atom stereocenters. The zero-order valence-electron chi connectivity index (χ0n) is 31.9. The number of aromatic amines is 1. The summed E-state index contributed by atoms with van der Waals surface area (Å²) in [6.07, 6.45) is 12.2. The van der Waals surface area contributed by atoms with Crippen LogP contribution in [0.3, 0.4) is 0 Å². The highest BCUT2D eigenvalue weighted by atomic mass is 35.5. The standard InChI is InChI=1S/C40H51ClFN7O6/c1-23-27(41)16-28-26(17-43-47-28)30(23)33-32(42)34-31(36(44-33)52-3)35(48-18-25(19-50)53-21-38(2,51)20-48)46-37(45-34)54-22-39-9-4-6-29(39)49(14-5-10-39)24-7-11-40(12-8-24)13-15-55-40/h16-17,24-25,29,50-51H,4-15,18-22H2,1-3H3,(H,43,47)/t24?,25-,29-,38+,39-,40?/m1/s1. The Kier molecular flexibility index (Phi) is 9.61. The van der Waals surface area contributed by atoms with Crippen LogP contribution >= 0.6 is 11.6 Å². The highest BCUT2D eigenvalue weighted by molar-refractivity contribution is 6.33. The Morgan fingerprint density at radius 2 is 1.91 bits per heavy atom. The molecule has 2 aliphatic carbocycles. The molecule has 0 radical (unpaired) electrons. The number of nitrogens with zero attached hydrogens (tertiary/aromatic N) is 6. The number of aliphatic hydroxyl groups is 2. The van der Waals surface area contributed by atoms with Gasteiger partial charge in [-0.1, -0.05) is 18.0 Å². The number of rotatable bonds is 8. The van der Waals surface area contributed by atoms with Crippen LogP contribution in [-0.4, -0.2) is 123 Å². The number of halogens is 2. The van der Waals surface area contributed by atoms with Gasteiger partial charge in [0.2, 0.25) is 5.88 Å². The van der Waals surface area contributed by atoms with Crippen molar-refractivity contribution in [3.63, 3.8) is 0 Å². The number of methoxy groups -OCH3 is 1. The summed E-state index contributed by atoms with van der Waals surface area (Å²) in [7, 11) is 1.47. The third kappa shape index (κ3) is 6.50. The van der Waals surface area contributed by atoms with Crippen molar-refractivity contribution in [3.8, 4) is 23.1 Å². The second-order valence-corrected chi connectivity index (χ2v) is 17.3. The second kappa shape index (κ2) is 14.2. The number of pyridine rings is 1. The number of nitrogens with one attached hydrogen (secondary N) is 1. The van der Waals surface area contributed by atoms with Gasteiger partial charge < -0.3 is 34.1 Å². The summed E-state index contributed by atoms with van der Waals surface area (Å²) in [6, 6.07) is 2.72. The van der Waals surface area contributed by atoms with Crippen molar-refractivity contribution in [2.75, 3.05) is 58.1 Å².